The van der Waals surface area contributed by atoms with Crippen molar-refractivity contribution in [3.63, 3.8) is 0 Å². The molecule has 4 amide bonds. The molecule has 0 radical (unpaired) electrons. The molecule has 51 heavy (non-hydrogen) atoms. The summed E-state index contributed by atoms with van der Waals surface area (Å²) < 4.78 is 5.35. The Morgan fingerprint density at radius 2 is 1.53 bits per heavy atom. The molecular weight excluding hydrogens is 671 g/mol. The standard InChI is InChI=1S/C39H32BClN2O8/c1-51-32-16-13-21(17-31(32)44)34-27-14-15-28-33(37(47)42(35(28)45)25-11-5-9-23(18-25)40(49)50)29(27)20-30-36(46)43(26-12-6-10-24(41)19-26)38(48)39(30,34)22-7-3-2-4-8-22/h2-14,16-19,28-30,33-34,44,49-50H,15,20H2,1H3. The molecule has 256 valence electrons. The van der Waals surface area contributed by atoms with Crippen LogP contribution >= 0.6 is 11.6 Å². The number of hydrogen-bond donors (Lipinski definition) is 3. The molecule has 2 heterocycles. The summed E-state index contributed by atoms with van der Waals surface area (Å²) in [4.78, 5) is 61.0. The first-order chi connectivity index (χ1) is 24.6. The van der Waals surface area contributed by atoms with Crippen LogP contribution in [0.3, 0.4) is 0 Å². The van der Waals surface area contributed by atoms with E-state index in [1.807, 2.05) is 36.4 Å². The molecule has 10 nitrogen and oxygen atoms in total. The van der Waals surface area contributed by atoms with Gasteiger partial charge >= 0.3 is 7.12 Å². The summed E-state index contributed by atoms with van der Waals surface area (Å²) in [6, 6.07) is 26.6. The number of amides is 4. The van der Waals surface area contributed by atoms with Gasteiger partial charge in [-0.3, -0.25) is 24.1 Å². The molecule has 4 aliphatic rings. The second kappa shape index (κ2) is 12.2. The highest BCUT2D eigenvalue weighted by molar-refractivity contribution is 6.58. The summed E-state index contributed by atoms with van der Waals surface area (Å²) >= 11 is 6.38. The van der Waals surface area contributed by atoms with Crippen molar-refractivity contribution in [1.29, 1.82) is 0 Å². The van der Waals surface area contributed by atoms with Crippen LogP contribution in [0, 0.1) is 23.7 Å². The van der Waals surface area contributed by atoms with Gasteiger partial charge in [-0.1, -0.05) is 77.8 Å². The van der Waals surface area contributed by atoms with E-state index in [1.54, 1.807) is 54.6 Å². The quantitative estimate of drug-likeness (QED) is 0.155. The van der Waals surface area contributed by atoms with Crippen molar-refractivity contribution in [2.75, 3.05) is 16.9 Å². The fraction of sp³-hybridized carbons (Fsp3) is 0.231. The molecule has 3 fully saturated rings. The monoisotopic (exact) mass is 702 g/mol. The van der Waals surface area contributed by atoms with Gasteiger partial charge in [-0.15, -0.1) is 0 Å². The van der Waals surface area contributed by atoms with E-state index in [-0.39, 0.29) is 35.5 Å². The number of carbonyl (C=O) groups excluding carboxylic acids is 4. The third-order valence-electron chi connectivity index (χ3n) is 11.1. The Balaban J connectivity index is 1.34. The topological polar surface area (TPSA) is 145 Å². The molecule has 6 atom stereocenters. The number of anilines is 2. The van der Waals surface area contributed by atoms with Crippen molar-refractivity contribution < 1.29 is 39.1 Å². The number of fused-ring (bicyclic) bond motifs is 4. The van der Waals surface area contributed by atoms with Gasteiger partial charge in [0.05, 0.1) is 41.7 Å². The van der Waals surface area contributed by atoms with E-state index >= 15 is 4.79 Å². The molecular formula is C39H32BClN2O8. The lowest BCUT2D eigenvalue weighted by atomic mass is 9.49. The van der Waals surface area contributed by atoms with Gasteiger partial charge < -0.3 is 19.9 Å². The Morgan fingerprint density at radius 1 is 0.804 bits per heavy atom. The van der Waals surface area contributed by atoms with Crippen molar-refractivity contribution >= 4 is 59.2 Å². The number of ether oxygens (including phenoxy) is 1. The van der Waals surface area contributed by atoms with Gasteiger partial charge in [-0.25, -0.2) is 4.90 Å². The zero-order valence-corrected chi connectivity index (χ0v) is 28.1. The van der Waals surface area contributed by atoms with Crippen LogP contribution in [0.25, 0.3) is 0 Å². The molecule has 12 heteroatoms. The van der Waals surface area contributed by atoms with Crippen molar-refractivity contribution in [2.45, 2.75) is 24.2 Å². The Bertz CT molecular complexity index is 2160. The largest absolute Gasteiger partial charge is 0.504 e. The molecule has 1 saturated carbocycles. The minimum Gasteiger partial charge on any atom is -0.504 e. The van der Waals surface area contributed by atoms with E-state index in [9.17, 15) is 29.5 Å². The number of methoxy groups -OCH3 is 1. The number of phenolic OH excluding ortho intramolecular Hbond substituents is 1. The second-order valence-electron chi connectivity index (χ2n) is 13.5. The number of imide groups is 2. The first-order valence-electron chi connectivity index (χ1n) is 16.7. The maximum absolute atomic E-state index is 15.3. The van der Waals surface area contributed by atoms with Crippen molar-refractivity contribution in [1.82, 2.24) is 0 Å². The normalized spacial score (nSPS) is 26.8. The zero-order chi connectivity index (χ0) is 35.8. The molecule has 0 bridgehead atoms. The highest BCUT2D eigenvalue weighted by Crippen LogP contribution is 2.64. The average Bonchev–Trinajstić information content (AvgIpc) is 3.52. The first-order valence-corrected chi connectivity index (χ1v) is 17.1. The van der Waals surface area contributed by atoms with Crippen LogP contribution in [0.5, 0.6) is 11.5 Å². The summed E-state index contributed by atoms with van der Waals surface area (Å²) in [6.07, 6.45) is 2.24. The van der Waals surface area contributed by atoms with Crippen molar-refractivity contribution in [3.05, 3.63) is 125 Å². The number of nitrogens with zero attached hydrogens (tertiary/aromatic N) is 2. The summed E-state index contributed by atoms with van der Waals surface area (Å²) in [7, 11) is -0.364. The third-order valence-corrected chi connectivity index (χ3v) is 11.4. The SMILES string of the molecule is COc1ccc(C2C3=CCC4C(=O)N(c5cccc(B(O)O)c5)C(=O)C4C3CC3C(=O)N(c4cccc(Cl)c4)C(=O)C32c2ccccc2)cc1O. The first kappa shape index (κ1) is 32.9. The van der Waals surface area contributed by atoms with Gasteiger partial charge in [0.2, 0.25) is 23.6 Å². The van der Waals surface area contributed by atoms with E-state index in [0.717, 1.165) is 10.5 Å². The number of halogens is 1. The highest BCUT2D eigenvalue weighted by atomic mass is 35.5. The predicted octanol–water partition coefficient (Wildman–Crippen LogP) is 4.10. The Hall–Kier alpha value is -5.23. The maximum Gasteiger partial charge on any atom is 0.488 e. The summed E-state index contributed by atoms with van der Waals surface area (Å²) in [6.45, 7) is 0. The van der Waals surface area contributed by atoms with Crippen molar-refractivity contribution in [3.8, 4) is 11.5 Å². The fourth-order valence-electron chi connectivity index (χ4n) is 9.08. The smallest absolute Gasteiger partial charge is 0.488 e. The van der Waals surface area contributed by atoms with E-state index in [1.165, 1.54) is 24.1 Å². The number of rotatable bonds is 6. The summed E-state index contributed by atoms with van der Waals surface area (Å²) in [5, 5.41) is 31.0. The molecule has 2 aliphatic carbocycles. The molecule has 0 spiro atoms. The van der Waals surface area contributed by atoms with Gasteiger partial charge in [-0.2, -0.15) is 0 Å². The zero-order valence-electron chi connectivity index (χ0n) is 27.3. The number of benzene rings is 4. The second-order valence-corrected chi connectivity index (χ2v) is 13.9. The number of hydrogen-bond acceptors (Lipinski definition) is 8. The van der Waals surface area contributed by atoms with Gasteiger partial charge in [0, 0.05) is 10.9 Å². The molecule has 3 N–H and O–H groups in total. The summed E-state index contributed by atoms with van der Waals surface area (Å²) in [5.41, 5.74) is 1.06. The van der Waals surface area contributed by atoms with E-state index in [2.05, 4.69) is 0 Å². The van der Waals surface area contributed by atoms with E-state index in [4.69, 9.17) is 16.3 Å². The highest BCUT2D eigenvalue weighted by Gasteiger charge is 2.70. The molecule has 0 aromatic heterocycles. The van der Waals surface area contributed by atoms with Crippen LogP contribution in [-0.4, -0.2) is 53.0 Å². The lowest BCUT2D eigenvalue weighted by molar-refractivity contribution is -0.127. The van der Waals surface area contributed by atoms with Gasteiger partial charge in [0.25, 0.3) is 0 Å². The number of phenols is 1. The lowest BCUT2D eigenvalue weighted by Gasteiger charge is -2.50. The molecule has 6 unspecified atom stereocenters. The van der Waals surface area contributed by atoms with Crippen LogP contribution in [0.4, 0.5) is 11.4 Å². The van der Waals surface area contributed by atoms with Crippen LogP contribution in [-0.2, 0) is 24.6 Å². The van der Waals surface area contributed by atoms with Crippen molar-refractivity contribution in [2.24, 2.45) is 23.7 Å². The van der Waals surface area contributed by atoms with Crippen LogP contribution in [0.2, 0.25) is 5.02 Å². The van der Waals surface area contributed by atoms with Crippen LogP contribution < -0.4 is 20.0 Å². The Labute approximate surface area is 298 Å². The number of carbonyl (C=O) groups is 4. The fourth-order valence-corrected chi connectivity index (χ4v) is 9.27. The maximum atomic E-state index is 15.3. The van der Waals surface area contributed by atoms with E-state index in [0.29, 0.717) is 21.8 Å². The number of allylic oxidation sites excluding steroid dienone is 2. The average molecular weight is 703 g/mol. The minimum atomic E-state index is -1.80. The Morgan fingerprint density at radius 3 is 2.22 bits per heavy atom. The van der Waals surface area contributed by atoms with Crippen LogP contribution in [0.15, 0.2) is 109 Å². The van der Waals surface area contributed by atoms with Gasteiger partial charge in [-0.05, 0) is 77.8 Å². The third kappa shape index (κ3) is 4.79. The number of aromatic hydroxyl groups is 1. The molecule has 4 aromatic rings. The summed E-state index contributed by atoms with van der Waals surface area (Å²) in [5.74, 6) is -5.72. The predicted molar refractivity (Wildman–Crippen MR) is 190 cm³/mol. The minimum absolute atomic E-state index is 0.102. The molecule has 2 aliphatic heterocycles. The molecule has 2 saturated heterocycles. The Kier molecular flexibility index (Phi) is 7.90. The molecule has 8 rings (SSSR count). The van der Waals surface area contributed by atoms with Gasteiger partial charge in [0.1, 0.15) is 0 Å². The van der Waals surface area contributed by atoms with Crippen LogP contribution in [0.1, 0.15) is 29.9 Å². The van der Waals surface area contributed by atoms with Gasteiger partial charge in [0.15, 0.2) is 11.5 Å². The lowest BCUT2D eigenvalue weighted by Crippen LogP contribution is -2.53. The van der Waals surface area contributed by atoms with E-state index < -0.39 is 65.8 Å². The molecule has 4 aromatic carbocycles.